The summed E-state index contributed by atoms with van der Waals surface area (Å²) in [6.45, 7) is 1.78. The normalized spacial score (nSPS) is 11.7. The van der Waals surface area contributed by atoms with Crippen LogP contribution in [0.3, 0.4) is 0 Å². The van der Waals surface area contributed by atoms with Gasteiger partial charge in [-0.1, -0.05) is 35.2 Å². The lowest BCUT2D eigenvalue weighted by Gasteiger charge is -1.96. The van der Waals surface area contributed by atoms with Gasteiger partial charge in [0, 0.05) is 6.92 Å². The average molecular weight is 303 g/mol. The monoisotopic (exact) mass is 303 g/mol. The standard InChI is InChI=1S/C12H9N5OS2/c1-7-13-14-10(18-7)6-19-11-15-16-12-17(11)8-4-2-3-5-9(8)20-12/h2-5H,6H2,1H3. The third-order valence-corrected chi connectivity index (χ3v) is 4.73. The number of fused-ring (bicyclic) bond motifs is 3. The van der Waals surface area contributed by atoms with E-state index < -0.39 is 0 Å². The Morgan fingerprint density at radius 2 is 2.10 bits per heavy atom. The Morgan fingerprint density at radius 1 is 1.20 bits per heavy atom. The number of aryl methyl sites for hydroxylation is 1. The fraction of sp³-hybridized carbons (Fsp3) is 0.167. The van der Waals surface area contributed by atoms with Gasteiger partial charge < -0.3 is 4.42 Å². The van der Waals surface area contributed by atoms with Crippen molar-refractivity contribution in [3.8, 4) is 0 Å². The predicted molar refractivity (Wildman–Crippen MR) is 77.0 cm³/mol. The van der Waals surface area contributed by atoms with Crippen molar-refractivity contribution in [2.45, 2.75) is 17.8 Å². The second-order valence-electron chi connectivity index (χ2n) is 4.17. The smallest absolute Gasteiger partial charge is 0.226 e. The van der Waals surface area contributed by atoms with Crippen molar-refractivity contribution >= 4 is 38.3 Å². The summed E-state index contributed by atoms with van der Waals surface area (Å²) < 4.78 is 8.63. The first-order valence-electron chi connectivity index (χ1n) is 5.96. The summed E-state index contributed by atoms with van der Waals surface area (Å²) in [5.41, 5.74) is 1.13. The topological polar surface area (TPSA) is 69.1 Å². The Hall–Kier alpha value is -1.93. The largest absolute Gasteiger partial charge is 0.425 e. The third kappa shape index (κ3) is 1.88. The quantitative estimate of drug-likeness (QED) is 0.542. The number of nitrogens with zero attached hydrogens (tertiary/aromatic N) is 5. The van der Waals surface area contributed by atoms with Crippen LogP contribution >= 0.6 is 23.1 Å². The molecule has 100 valence electrons. The Balaban J connectivity index is 1.72. The van der Waals surface area contributed by atoms with Gasteiger partial charge in [-0.2, -0.15) is 0 Å². The second kappa shape index (κ2) is 4.57. The van der Waals surface area contributed by atoms with Gasteiger partial charge in [-0.3, -0.25) is 4.40 Å². The van der Waals surface area contributed by atoms with Gasteiger partial charge in [0.05, 0.1) is 16.0 Å². The highest BCUT2D eigenvalue weighted by Gasteiger charge is 2.13. The maximum Gasteiger partial charge on any atom is 0.226 e. The molecule has 1 aromatic carbocycles. The molecule has 0 bridgehead atoms. The van der Waals surface area contributed by atoms with Crippen LogP contribution in [0.1, 0.15) is 11.8 Å². The SMILES string of the molecule is Cc1nnc(CSc2nnc3sc4ccccc4n23)o1. The van der Waals surface area contributed by atoms with Crippen LogP contribution in [-0.4, -0.2) is 24.8 Å². The van der Waals surface area contributed by atoms with Crippen molar-refractivity contribution < 1.29 is 4.42 Å². The van der Waals surface area contributed by atoms with Crippen molar-refractivity contribution in [2.75, 3.05) is 0 Å². The molecule has 6 nitrogen and oxygen atoms in total. The lowest BCUT2D eigenvalue weighted by molar-refractivity contribution is 0.485. The zero-order valence-electron chi connectivity index (χ0n) is 10.5. The molecule has 0 N–H and O–H groups in total. The number of thiazole rings is 1. The van der Waals surface area contributed by atoms with Crippen molar-refractivity contribution in [1.29, 1.82) is 0 Å². The van der Waals surface area contributed by atoms with E-state index in [0.717, 1.165) is 15.6 Å². The van der Waals surface area contributed by atoms with Crippen LogP contribution in [0.15, 0.2) is 33.8 Å². The van der Waals surface area contributed by atoms with E-state index >= 15 is 0 Å². The molecule has 0 radical (unpaired) electrons. The van der Waals surface area contributed by atoms with E-state index in [-0.39, 0.29) is 0 Å². The van der Waals surface area contributed by atoms with Gasteiger partial charge in [-0.05, 0) is 12.1 Å². The van der Waals surface area contributed by atoms with Crippen LogP contribution < -0.4 is 0 Å². The van der Waals surface area contributed by atoms with E-state index in [1.807, 2.05) is 12.1 Å². The molecule has 8 heteroatoms. The molecule has 0 unspecified atom stereocenters. The number of para-hydroxylation sites is 1. The number of thioether (sulfide) groups is 1. The lowest BCUT2D eigenvalue weighted by Crippen LogP contribution is -1.87. The maximum atomic E-state index is 5.36. The van der Waals surface area contributed by atoms with E-state index in [2.05, 4.69) is 36.9 Å². The summed E-state index contributed by atoms with van der Waals surface area (Å²) in [6.07, 6.45) is 0. The van der Waals surface area contributed by atoms with Crippen molar-refractivity contribution in [3.63, 3.8) is 0 Å². The maximum absolute atomic E-state index is 5.36. The molecule has 0 aliphatic heterocycles. The fourth-order valence-electron chi connectivity index (χ4n) is 1.97. The Labute approximate surface area is 121 Å². The zero-order chi connectivity index (χ0) is 13.5. The van der Waals surface area contributed by atoms with E-state index in [1.54, 1.807) is 30.0 Å². The van der Waals surface area contributed by atoms with Crippen LogP contribution in [0.2, 0.25) is 0 Å². The average Bonchev–Trinajstić information content (AvgIpc) is 3.11. The molecule has 0 amide bonds. The van der Waals surface area contributed by atoms with Crippen LogP contribution in [0.4, 0.5) is 0 Å². The molecular formula is C12H9N5OS2. The van der Waals surface area contributed by atoms with Crippen LogP contribution in [0.5, 0.6) is 0 Å². The molecule has 3 heterocycles. The molecule has 0 atom stereocenters. The van der Waals surface area contributed by atoms with Crippen LogP contribution in [0, 0.1) is 6.92 Å². The van der Waals surface area contributed by atoms with Gasteiger partial charge in [0.25, 0.3) is 0 Å². The molecule has 3 aromatic heterocycles. The first-order valence-corrected chi connectivity index (χ1v) is 7.76. The Bertz CT molecular complexity index is 894. The number of benzene rings is 1. The van der Waals surface area contributed by atoms with Gasteiger partial charge in [0.1, 0.15) is 0 Å². The molecule has 0 fully saturated rings. The summed E-state index contributed by atoms with van der Waals surface area (Å²) >= 11 is 3.18. The lowest BCUT2D eigenvalue weighted by atomic mass is 10.3. The molecule has 0 spiro atoms. The summed E-state index contributed by atoms with van der Waals surface area (Å²) in [5, 5.41) is 17.1. The van der Waals surface area contributed by atoms with Crippen LogP contribution in [-0.2, 0) is 5.75 Å². The molecular weight excluding hydrogens is 294 g/mol. The van der Waals surface area contributed by atoms with Gasteiger partial charge in [0.15, 0.2) is 5.16 Å². The Kier molecular flexibility index (Phi) is 2.71. The summed E-state index contributed by atoms with van der Waals surface area (Å²) in [5.74, 6) is 1.77. The van der Waals surface area contributed by atoms with E-state index in [9.17, 15) is 0 Å². The fourth-order valence-corrected chi connectivity index (χ4v) is 3.78. The summed E-state index contributed by atoms with van der Waals surface area (Å²) in [6, 6.07) is 8.21. The minimum absolute atomic E-state index is 0.577. The molecule has 20 heavy (non-hydrogen) atoms. The van der Waals surface area contributed by atoms with E-state index in [1.165, 1.54) is 4.70 Å². The van der Waals surface area contributed by atoms with Gasteiger partial charge in [-0.15, -0.1) is 20.4 Å². The van der Waals surface area contributed by atoms with Gasteiger partial charge in [0.2, 0.25) is 16.7 Å². The van der Waals surface area contributed by atoms with E-state index in [4.69, 9.17) is 4.42 Å². The van der Waals surface area contributed by atoms with Crippen LogP contribution in [0.25, 0.3) is 15.2 Å². The number of hydrogen-bond donors (Lipinski definition) is 0. The molecule has 0 aliphatic carbocycles. The number of rotatable bonds is 3. The summed E-state index contributed by atoms with van der Waals surface area (Å²) in [7, 11) is 0. The third-order valence-electron chi connectivity index (χ3n) is 2.80. The second-order valence-corrected chi connectivity index (χ2v) is 6.13. The van der Waals surface area contributed by atoms with Gasteiger partial charge >= 0.3 is 0 Å². The van der Waals surface area contributed by atoms with Gasteiger partial charge in [-0.25, -0.2) is 0 Å². The first-order chi connectivity index (χ1) is 9.81. The van der Waals surface area contributed by atoms with Crippen molar-refractivity contribution in [2.24, 2.45) is 0 Å². The molecule has 0 saturated heterocycles. The highest BCUT2D eigenvalue weighted by atomic mass is 32.2. The zero-order valence-corrected chi connectivity index (χ0v) is 12.1. The number of aromatic nitrogens is 5. The molecule has 4 rings (SSSR count). The minimum atomic E-state index is 0.577. The highest BCUT2D eigenvalue weighted by molar-refractivity contribution is 7.98. The molecule has 0 saturated carbocycles. The van der Waals surface area contributed by atoms with Crippen molar-refractivity contribution in [3.05, 3.63) is 36.0 Å². The Morgan fingerprint density at radius 3 is 2.95 bits per heavy atom. The van der Waals surface area contributed by atoms with Crippen molar-refractivity contribution in [1.82, 2.24) is 24.8 Å². The predicted octanol–water partition coefficient (Wildman–Crippen LogP) is 2.93. The minimum Gasteiger partial charge on any atom is -0.425 e. The molecule has 4 aromatic rings. The van der Waals surface area contributed by atoms with E-state index in [0.29, 0.717) is 17.5 Å². The highest BCUT2D eigenvalue weighted by Crippen LogP contribution is 2.30. The molecule has 0 aliphatic rings. The summed E-state index contributed by atoms with van der Waals surface area (Å²) in [4.78, 5) is 0.899. The number of hydrogen-bond acceptors (Lipinski definition) is 7. The first kappa shape index (κ1) is 11.9.